The summed E-state index contributed by atoms with van der Waals surface area (Å²) in [6.07, 6.45) is 0.659. The molecular formula is C12H25N3O2. The average Bonchev–Trinajstić information content (AvgIpc) is 2.35. The van der Waals surface area contributed by atoms with E-state index in [1.54, 1.807) is 0 Å². The van der Waals surface area contributed by atoms with Crippen molar-refractivity contribution in [3.8, 4) is 0 Å². The Balaban J connectivity index is 2.07. The van der Waals surface area contributed by atoms with Crippen molar-refractivity contribution in [3.63, 3.8) is 0 Å². The minimum atomic E-state index is -0.313. The molecule has 0 aromatic heterocycles. The second-order valence-corrected chi connectivity index (χ2v) is 4.78. The lowest BCUT2D eigenvalue weighted by Gasteiger charge is -2.23. The normalized spacial score (nSPS) is 20.9. The number of hydrogen-bond donors (Lipinski definition) is 2. The summed E-state index contributed by atoms with van der Waals surface area (Å²) in [4.78, 5) is 14.0. The summed E-state index contributed by atoms with van der Waals surface area (Å²) in [5, 5.41) is 6.06. The SMILES string of the molecule is CC(C)N(C)CCCNC(=O)C1CNCCO1. The van der Waals surface area contributed by atoms with Gasteiger partial charge in [-0.05, 0) is 33.9 Å². The number of morpholine rings is 1. The van der Waals surface area contributed by atoms with Crippen LogP contribution in [-0.4, -0.2) is 62.8 Å². The number of amides is 1. The van der Waals surface area contributed by atoms with Gasteiger partial charge in [0.2, 0.25) is 5.91 Å². The van der Waals surface area contributed by atoms with E-state index < -0.39 is 0 Å². The molecule has 0 bridgehead atoms. The summed E-state index contributed by atoms with van der Waals surface area (Å²) in [7, 11) is 2.10. The van der Waals surface area contributed by atoms with E-state index in [0.29, 0.717) is 19.2 Å². The van der Waals surface area contributed by atoms with Crippen LogP contribution in [0.4, 0.5) is 0 Å². The maximum atomic E-state index is 11.7. The van der Waals surface area contributed by atoms with Gasteiger partial charge in [0.05, 0.1) is 6.61 Å². The number of hydrogen-bond acceptors (Lipinski definition) is 4. The number of carbonyl (C=O) groups is 1. The summed E-state index contributed by atoms with van der Waals surface area (Å²) in [6, 6.07) is 0.552. The fourth-order valence-corrected chi connectivity index (χ4v) is 1.65. The Kier molecular flexibility index (Phi) is 6.47. The van der Waals surface area contributed by atoms with E-state index >= 15 is 0 Å². The second kappa shape index (κ2) is 7.63. The zero-order valence-corrected chi connectivity index (χ0v) is 11.2. The van der Waals surface area contributed by atoms with Crippen molar-refractivity contribution in [1.29, 1.82) is 0 Å². The molecule has 0 spiro atoms. The lowest BCUT2D eigenvalue weighted by atomic mass is 10.2. The van der Waals surface area contributed by atoms with Crippen LogP contribution in [0.1, 0.15) is 20.3 Å². The summed E-state index contributed by atoms with van der Waals surface area (Å²) >= 11 is 0. The Morgan fingerprint density at radius 3 is 2.94 bits per heavy atom. The zero-order chi connectivity index (χ0) is 12.7. The first-order valence-corrected chi connectivity index (χ1v) is 6.41. The minimum Gasteiger partial charge on any atom is -0.366 e. The highest BCUT2D eigenvalue weighted by atomic mass is 16.5. The maximum Gasteiger partial charge on any atom is 0.250 e. The molecular weight excluding hydrogens is 218 g/mol. The molecule has 1 unspecified atom stereocenters. The largest absolute Gasteiger partial charge is 0.366 e. The molecule has 100 valence electrons. The molecule has 0 aromatic carbocycles. The smallest absolute Gasteiger partial charge is 0.250 e. The van der Waals surface area contributed by atoms with Gasteiger partial charge in [0, 0.05) is 25.7 Å². The van der Waals surface area contributed by atoms with Crippen LogP contribution in [0, 0.1) is 0 Å². The van der Waals surface area contributed by atoms with Gasteiger partial charge < -0.3 is 20.3 Å². The van der Waals surface area contributed by atoms with Crippen molar-refractivity contribution in [2.24, 2.45) is 0 Å². The zero-order valence-electron chi connectivity index (χ0n) is 11.2. The molecule has 0 aliphatic carbocycles. The molecule has 2 N–H and O–H groups in total. The van der Waals surface area contributed by atoms with Crippen molar-refractivity contribution in [2.75, 3.05) is 39.8 Å². The van der Waals surface area contributed by atoms with Crippen LogP contribution in [-0.2, 0) is 9.53 Å². The predicted molar refractivity (Wildman–Crippen MR) is 68.0 cm³/mol. The van der Waals surface area contributed by atoms with E-state index in [0.717, 1.165) is 26.1 Å². The lowest BCUT2D eigenvalue weighted by molar-refractivity contribution is -0.134. The van der Waals surface area contributed by atoms with Crippen molar-refractivity contribution in [1.82, 2.24) is 15.5 Å². The predicted octanol–water partition coefficient (Wildman–Crippen LogP) is -0.179. The van der Waals surface area contributed by atoms with Gasteiger partial charge in [0.1, 0.15) is 6.10 Å². The Morgan fingerprint density at radius 2 is 2.35 bits per heavy atom. The molecule has 1 atom stereocenters. The van der Waals surface area contributed by atoms with Gasteiger partial charge >= 0.3 is 0 Å². The molecule has 1 rings (SSSR count). The number of nitrogens with one attached hydrogen (secondary N) is 2. The molecule has 17 heavy (non-hydrogen) atoms. The van der Waals surface area contributed by atoms with E-state index in [1.807, 2.05) is 0 Å². The molecule has 0 saturated carbocycles. The molecule has 5 nitrogen and oxygen atoms in total. The van der Waals surface area contributed by atoms with Crippen LogP contribution in [0.2, 0.25) is 0 Å². The van der Waals surface area contributed by atoms with E-state index in [-0.39, 0.29) is 12.0 Å². The maximum absolute atomic E-state index is 11.7. The fourth-order valence-electron chi connectivity index (χ4n) is 1.65. The summed E-state index contributed by atoms with van der Waals surface area (Å²) in [5.41, 5.74) is 0. The minimum absolute atomic E-state index is 0.00407. The highest BCUT2D eigenvalue weighted by Crippen LogP contribution is 1.97. The molecule has 0 aromatic rings. The van der Waals surface area contributed by atoms with Crippen LogP contribution in [0.25, 0.3) is 0 Å². The number of carbonyl (C=O) groups excluding carboxylic acids is 1. The molecule has 0 radical (unpaired) electrons. The van der Waals surface area contributed by atoms with Gasteiger partial charge in [-0.1, -0.05) is 0 Å². The van der Waals surface area contributed by atoms with E-state index in [4.69, 9.17) is 4.74 Å². The van der Waals surface area contributed by atoms with Crippen LogP contribution >= 0.6 is 0 Å². The Hall–Kier alpha value is -0.650. The monoisotopic (exact) mass is 243 g/mol. The van der Waals surface area contributed by atoms with E-state index in [1.165, 1.54) is 0 Å². The van der Waals surface area contributed by atoms with E-state index in [2.05, 4.69) is 36.4 Å². The second-order valence-electron chi connectivity index (χ2n) is 4.78. The first-order valence-electron chi connectivity index (χ1n) is 6.41. The average molecular weight is 243 g/mol. The standard InChI is InChI=1S/C12H25N3O2/c1-10(2)15(3)7-4-5-14-12(16)11-9-13-6-8-17-11/h10-11,13H,4-9H2,1-3H3,(H,14,16). The molecule has 1 heterocycles. The third kappa shape index (κ3) is 5.48. The summed E-state index contributed by atoms with van der Waals surface area (Å²) in [6.45, 7) is 8.13. The van der Waals surface area contributed by atoms with Gasteiger partial charge in [0.15, 0.2) is 0 Å². The van der Waals surface area contributed by atoms with Crippen molar-refractivity contribution < 1.29 is 9.53 Å². The molecule has 1 aliphatic heterocycles. The first-order chi connectivity index (χ1) is 8.11. The quantitative estimate of drug-likeness (QED) is 0.636. The van der Waals surface area contributed by atoms with Gasteiger partial charge in [0.25, 0.3) is 0 Å². The topological polar surface area (TPSA) is 53.6 Å². The molecule has 5 heteroatoms. The van der Waals surface area contributed by atoms with Gasteiger partial charge in [-0.15, -0.1) is 0 Å². The highest BCUT2D eigenvalue weighted by Gasteiger charge is 2.20. The molecule has 1 saturated heterocycles. The van der Waals surface area contributed by atoms with Crippen molar-refractivity contribution in [2.45, 2.75) is 32.4 Å². The molecule has 1 amide bonds. The third-order valence-electron chi connectivity index (χ3n) is 3.09. The van der Waals surface area contributed by atoms with Crippen molar-refractivity contribution >= 4 is 5.91 Å². The number of nitrogens with zero attached hydrogens (tertiary/aromatic N) is 1. The fraction of sp³-hybridized carbons (Fsp3) is 0.917. The molecule has 1 aliphatic rings. The Morgan fingerprint density at radius 1 is 1.59 bits per heavy atom. The highest BCUT2D eigenvalue weighted by molar-refractivity contribution is 5.81. The van der Waals surface area contributed by atoms with Crippen molar-refractivity contribution in [3.05, 3.63) is 0 Å². The van der Waals surface area contributed by atoms with Gasteiger partial charge in [-0.3, -0.25) is 4.79 Å². The first kappa shape index (κ1) is 14.4. The van der Waals surface area contributed by atoms with Gasteiger partial charge in [-0.25, -0.2) is 0 Å². The summed E-state index contributed by atoms with van der Waals surface area (Å²) in [5.74, 6) is 0.00407. The van der Waals surface area contributed by atoms with Crippen LogP contribution in [0.3, 0.4) is 0 Å². The van der Waals surface area contributed by atoms with Crippen LogP contribution in [0.15, 0.2) is 0 Å². The lowest BCUT2D eigenvalue weighted by Crippen LogP contribution is -2.48. The summed E-state index contributed by atoms with van der Waals surface area (Å²) < 4.78 is 5.37. The number of rotatable bonds is 6. The number of ether oxygens (including phenoxy) is 1. The van der Waals surface area contributed by atoms with Crippen LogP contribution < -0.4 is 10.6 Å². The van der Waals surface area contributed by atoms with Crippen LogP contribution in [0.5, 0.6) is 0 Å². The third-order valence-corrected chi connectivity index (χ3v) is 3.09. The van der Waals surface area contributed by atoms with E-state index in [9.17, 15) is 4.79 Å². The molecule has 1 fully saturated rings. The Labute approximate surface area is 104 Å². The Bertz CT molecular complexity index is 228. The van der Waals surface area contributed by atoms with Gasteiger partial charge in [-0.2, -0.15) is 0 Å².